The largest absolute Gasteiger partial charge is 0.481 e. The summed E-state index contributed by atoms with van der Waals surface area (Å²) in [6, 6.07) is -4.68. The summed E-state index contributed by atoms with van der Waals surface area (Å²) in [7, 11) is 0. The van der Waals surface area contributed by atoms with Crippen LogP contribution in [0.5, 0.6) is 0 Å². The fraction of sp³-hybridized carbons (Fsp3) is 0.727. The topological polar surface area (TPSA) is 231 Å². The molecule has 0 bridgehead atoms. The van der Waals surface area contributed by atoms with Crippen molar-refractivity contribution < 1.29 is 39.0 Å². The lowest BCUT2D eigenvalue weighted by Gasteiger charge is -2.28. The summed E-state index contributed by atoms with van der Waals surface area (Å²) in [4.78, 5) is 71.6. The molecule has 5 atom stereocenters. The molecule has 0 aliphatic rings. The van der Waals surface area contributed by atoms with Gasteiger partial charge in [0.25, 0.3) is 0 Å². The summed E-state index contributed by atoms with van der Waals surface area (Å²) < 4.78 is 0. The summed E-state index contributed by atoms with van der Waals surface area (Å²) in [5.41, 5.74) is 10.8. The lowest BCUT2D eigenvalue weighted by Crippen LogP contribution is -2.58. The third-order valence-corrected chi connectivity index (χ3v) is 5.43. The van der Waals surface area contributed by atoms with E-state index < -0.39 is 65.7 Å². The van der Waals surface area contributed by atoms with Gasteiger partial charge in [-0.1, -0.05) is 34.1 Å². The zero-order valence-electron chi connectivity index (χ0n) is 20.7. The Balaban J connectivity index is 5.54. The first-order valence-electron chi connectivity index (χ1n) is 11.6. The summed E-state index contributed by atoms with van der Waals surface area (Å²) in [5.74, 6) is -5.71. The average molecular weight is 502 g/mol. The van der Waals surface area contributed by atoms with Crippen LogP contribution in [0, 0.1) is 11.8 Å². The van der Waals surface area contributed by atoms with Crippen LogP contribution in [0.4, 0.5) is 0 Å². The van der Waals surface area contributed by atoms with Gasteiger partial charge in [0.2, 0.25) is 23.6 Å². The molecule has 0 fully saturated rings. The van der Waals surface area contributed by atoms with Crippen LogP contribution in [0.3, 0.4) is 0 Å². The average Bonchev–Trinajstić information content (AvgIpc) is 2.76. The molecule has 0 radical (unpaired) electrons. The highest BCUT2D eigenvalue weighted by Crippen LogP contribution is 2.12. The molecular weight excluding hydrogens is 462 g/mol. The molecule has 35 heavy (non-hydrogen) atoms. The van der Waals surface area contributed by atoms with E-state index in [2.05, 4.69) is 16.0 Å². The zero-order chi connectivity index (χ0) is 27.3. The number of aliphatic carboxylic acids is 2. The second-order valence-electron chi connectivity index (χ2n) is 9.01. The van der Waals surface area contributed by atoms with Gasteiger partial charge in [0, 0.05) is 12.8 Å². The maximum Gasteiger partial charge on any atom is 0.326 e. The van der Waals surface area contributed by atoms with Crippen LogP contribution < -0.4 is 27.4 Å². The quantitative estimate of drug-likeness (QED) is 0.130. The summed E-state index contributed by atoms with van der Waals surface area (Å²) in [6.07, 6.45) is -0.198. The van der Waals surface area contributed by atoms with Gasteiger partial charge in [-0.3, -0.25) is 24.0 Å². The smallest absolute Gasteiger partial charge is 0.326 e. The van der Waals surface area contributed by atoms with Crippen LogP contribution in [-0.2, 0) is 28.8 Å². The summed E-state index contributed by atoms with van der Waals surface area (Å²) in [6.45, 7) is 7.13. The molecule has 0 aliphatic carbocycles. The van der Waals surface area contributed by atoms with Crippen LogP contribution in [0.15, 0.2) is 0 Å². The minimum atomic E-state index is -1.38. The predicted octanol–water partition coefficient (Wildman–Crippen LogP) is -0.925. The van der Waals surface area contributed by atoms with E-state index in [9.17, 15) is 33.9 Å². The van der Waals surface area contributed by atoms with Crippen LogP contribution >= 0.6 is 0 Å². The van der Waals surface area contributed by atoms with Gasteiger partial charge in [-0.05, 0) is 31.1 Å². The van der Waals surface area contributed by atoms with E-state index in [1.807, 2.05) is 13.8 Å². The number of carboxylic acid groups (broad SMARTS) is 2. The number of hydrogen-bond donors (Lipinski definition) is 7. The van der Waals surface area contributed by atoms with E-state index in [1.54, 1.807) is 13.8 Å². The minimum Gasteiger partial charge on any atom is -0.481 e. The van der Waals surface area contributed by atoms with Crippen molar-refractivity contribution in [3.8, 4) is 0 Å². The van der Waals surface area contributed by atoms with Gasteiger partial charge >= 0.3 is 11.9 Å². The van der Waals surface area contributed by atoms with E-state index in [-0.39, 0.29) is 38.0 Å². The Bertz CT molecular complexity index is 773. The second-order valence-corrected chi connectivity index (χ2v) is 9.01. The fourth-order valence-corrected chi connectivity index (χ4v) is 3.15. The first-order chi connectivity index (χ1) is 16.2. The lowest BCUT2D eigenvalue weighted by atomic mass is 9.96. The maximum atomic E-state index is 13.1. The Kier molecular flexibility index (Phi) is 14.2. The molecular formula is C22H39N5O8. The van der Waals surface area contributed by atoms with Gasteiger partial charge in [0.1, 0.15) is 18.1 Å². The third kappa shape index (κ3) is 12.7. The van der Waals surface area contributed by atoms with Gasteiger partial charge in [0.15, 0.2) is 0 Å². The van der Waals surface area contributed by atoms with E-state index in [4.69, 9.17) is 16.6 Å². The molecule has 9 N–H and O–H groups in total. The lowest BCUT2D eigenvalue weighted by molar-refractivity contribution is -0.143. The number of hydrogen-bond acceptors (Lipinski definition) is 7. The predicted molar refractivity (Wildman–Crippen MR) is 126 cm³/mol. The Morgan fingerprint density at radius 3 is 1.83 bits per heavy atom. The highest BCUT2D eigenvalue weighted by Gasteiger charge is 2.33. The monoisotopic (exact) mass is 501 g/mol. The van der Waals surface area contributed by atoms with Gasteiger partial charge in [-0.15, -0.1) is 0 Å². The fourth-order valence-electron chi connectivity index (χ4n) is 3.15. The molecule has 0 aromatic rings. The molecule has 13 heteroatoms. The van der Waals surface area contributed by atoms with Crippen molar-refractivity contribution >= 4 is 35.6 Å². The molecule has 4 amide bonds. The first-order valence-corrected chi connectivity index (χ1v) is 11.6. The SMILES string of the molecule is CCC(C)C(NC(=O)C(CC(C)C)NC(=O)C(N)CCC(=O)O)C(=O)NC(CCC(N)=O)C(=O)O. The maximum absolute atomic E-state index is 13.1. The van der Waals surface area contributed by atoms with E-state index in [1.165, 1.54) is 0 Å². The highest BCUT2D eigenvalue weighted by molar-refractivity contribution is 5.94. The number of amides is 4. The number of carbonyl (C=O) groups is 6. The normalized spacial score (nSPS) is 15.3. The van der Waals surface area contributed by atoms with Crippen molar-refractivity contribution in [3.63, 3.8) is 0 Å². The van der Waals surface area contributed by atoms with Crippen LogP contribution in [0.2, 0.25) is 0 Å². The van der Waals surface area contributed by atoms with Crippen molar-refractivity contribution in [2.75, 3.05) is 0 Å². The van der Waals surface area contributed by atoms with Crippen molar-refractivity contribution in [2.24, 2.45) is 23.3 Å². The molecule has 0 rings (SSSR count). The summed E-state index contributed by atoms with van der Waals surface area (Å²) in [5, 5.41) is 25.6. The standard InChI is InChI=1S/C22H39N5O8/c1-5-12(4)18(21(33)25-14(22(34)35)7-8-16(24)28)27-20(32)15(10-11(2)3)26-19(31)13(23)6-9-17(29)30/h11-15,18H,5-10,23H2,1-4H3,(H2,24,28)(H,25,33)(H,26,31)(H,27,32)(H,29,30)(H,34,35). The van der Waals surface area contributed by atoms with Crippen molar-refractivity contribution in [1.82, 2.24) is 16.0 Å². The number of carbonyl (C=O) groups excluding carboxylic acids is 4. The third-order valence-electron chi connectivity index (χ3n) is 5.43. The van der Waals surface area contributed by atoms with Crippen molar-refractivity contribution in [1.29, 1.82) is 0 Å². The molecule has 0 aromatic carbocycles. The van der Waals surface area contributed by atoms with E-state index in [0.29, 0.717) is 6.42 Å². The molecule has 0 saturated heterocycles. The molecule has 0 spiro atoms. The Hall–Kier alpha value is -3.22. The Morgan fingerprint density at radius 1 is 0.800 bits per heavy atom. The first kappa shape index (κ1) is 31.8. The van der Waals surface area contributed by atoms with Gasteiger partial charge in [-0.25, -0.2) is 4.79 Å². The molecule has 5 unspecified atom stereocenters. The van der Waals surface area contributed by atoms with Crippen LogP contribution in [0.1, 0.15) is 66.2 Å². The van der Waals surface area contributed by atoms with E-state index >= 15 is 0 Å². The molecule has 0 saturated carbocycles. The number of rotatable bonds is 17. The van der Waals surface area contributed by atoms with Crippen molar-refractivity contribution in [2.45, 2.75) is 90.4 Å². The molecule has 0 aliphatic heterocycles. The van der Waals surface area contributed by atoms with Crippen LogP contribution in [0.25, 0.3) is 0 Å². The zero-order valence-corrected chi connectivity index (χ0v) is 20.7. The van der Waals surface area contributed by atoms with Gasteiger partial charge in [-0.2, -0.15) is 0 Å². The molecule has 200 valence electrons. The van der Waals surface area contributed by atoms with Crippen LogP contribution in [-0.4, -0.2) is 69.9 Å². The van der Waals surface area contributed by atoms with Crippen molar-refractivity contribution in [3.05, 3.63) is 0 Å². The number of nitrogens with two attached hydrogens (primary N) is 2. The minimum absolute atomic E-state index is 0.0256. The number of primary amides is 1. The Morgan fingerprint density at radius 2 is 1.37 bits per heavy atom. The molecule has 0 heterocycles. The van der Waals surface area contributed by atoms with Gasteiger partial charge < -0.3 is 37.6 Å². The molecule has 13 nitrogen and oxygen atoms in total. The summed E-state index contributed by atoms with van der Waals surface area (Å²) >= 11 is 0. The number of nitrogens with one attached hydrogen (secondary N) is 3. The molecule has 0 aromatic heterocycles. The second kappa shape index (κ2) is 15.6. The number of carboxylic acids is 2. The van der Waals surface area contributed by atoms with Gasteiger partial charge in [0.05, 0.1) is 6.04 Å². The highest BCUT2D eigenvalue weighted by atomic mass is 16.4. The van der Waals surface area contributed by atoms with E-state index in [0.717, 1.165) is 0 Å². The Labute approximate surface area is 204 Å².